The van der Waals surface area contributed by atoms with Crippen LogP contribution in [-0.2, 0) is 5.41 Å². The molecule has 1 saturated heterocycles. The van der Waals surface area contributed by atoms with Gasteiger partial charge in [-0.3, -0.25) is 10.3 Å². The molecule has 38 heavy (non-hydrogen) atoms. The number of rotatable bonds is 6. The normalized spacial score (nSPS) is 26.0. The maximum Gasteiger partial charge on any atom is 0.135 e. The van der Waals surface area contributed by atoms with E-state index in [1.54, 1.807) is 12.1 Å². The van der Waals surface area contributed by atoms with Crippen LogP contribution in [-0.4, -0.2) is 37.7 Å². The number of anilines is 1. The topological polar surface area (TPSA) is 51.7 Å². The largest absolute Gasteiger partial charge is 0.374 e. The number of benzene rings is 1. The standard InChI is InChI=1S/C27H38FN5.2C2H6.CH4.H2/c1-5-26(3)16-33(24-9-8-20(28)14-21(24)26)27(4)25-23(30-17-31-27)15-22(32-25)18(2)6-7-19-10-12-29-13-11-19;2*1-2;;/h8-9,14,19,29-31H,2,5-7,10-13,15-17H2,1,3-4H3;2*1-2H3;1H4;1H. The molecule has 4 aliphatic rings. The van der Waals surface area contributed by atoms with Crippen molar-refractivity contribution >= 4 is 11.4 Å². The van der Waals surface area contributed by atoms with Crippen molar-refractivity contribution in [1.29, 1.82) is 0 Å². The van der Waals surface area contributed by atoms with Crippen molar-refractivity contribution in [1.82, 2.24) is 16.0 Å². The number of aliphatic imine (C=N–C) groups is 1. The van der Waals surface area contributed by atoms with Gasteiger partial charge in [-0.2, -0.15) is 0 Å². The molecule has 4 aliphatic heterocycles. The lowest BCUT2D eigenvalue weighted by molar-refractivity contribution is 0.336. The molecular weight excluding hydrogens is 473 g/mol. The number of hydrogen-bond donors (Lipinski definition) is 3. The Bertz CT molecular complexity index is 1020. The molecule has 0 radical (unpaired) electrons. The van der Waals surface area contributed by atoms with Gasteiger partial charge in [0.1, 0.15) is 17.2 Å². The fourth-order valence-electron chi connectivity index (χ4n) is 6.02. The van der Waals surface area contributed by atoms with E-state index in [2.05, 4.69) is 48.2 Å². The molecular formula is C32H56FN5. The van der Waals surface area contributed by atoms with E-state index in [0.717, 1.165) is 67.5 Å². The summed E-state index contributed by atoms with van der Waals surface area (Å²) in [6.45, 7) is 22.9. The van der Waals surface area contributed by atoms with Crippen molar-refractivity contribution < 1.29 is 5.82 Å². The summed E-state index contributed by atoms with van der Waals surface area (Å²) in [5.41, 5.74) is 6.22. The number of hydrogen-bond acceptors (Lipinski definition) is 5. The fourth-order valence-corrected chi connectivity index (χ4v) is 6.02. The highest BCUT2D eigenvalue weighted by Crippen LogP contribution is 2.48. The maximum absolute atomic E-state index is 14.2. The van der Waals surface area contributed by atoms with Crippen LogP contribution in [0.25, 0.3) is 0 Å². The van der Waals surface area contributed by atoms with Crippen molar-refractivity contribution in [3.8, 4) is 0 Å². The van der Waals surface area contributed by atoms with Gasteiger partial charge in [0.2, 0.25) is 0 Å². The molecule has 0 spiro atoms. The number of allylic oxidation sites excluding steroid dienone is 2. The third-order valence-electron chi connectivity index (χ3n) is 8.52. The molecule has 4 heterocycles. The summed E-state index contributed by atoms with van der Waals surface area (Å²) in [6.07, 6.45) is 6.54. The van der Waals surface area contributed by atoms with Gasteiger partial charge in [-0.25, -0.2) is 4.39 Å². The second-order valence-corrected chi connectivity index (χ2v) is 10.7. The summed E-state index contributed by atoms with van der Waals surface area (Å²) in [5.74, 6) is 0.635. The Kier molecular flexibility index (Phi) is 11.6. The van der Waals surface area contributed by atoms with Crippen molar-refractivity contribution in [3.63, 3.8) is 0 Å². The predicted octanol–water partition coefficient (Wildman–Crippen LogP) is 7.51. The van der Waals surface area contributed by atoms with Gasteiger partial charge in [-0.15, -0.1) is 0 Å². The molecule has 2 atom stereocenters. The van der Waals surface area contributed by atoms with E-state index < -0.39 is 5.66 Å². The monoisotopic (exact) mass is 529 g/mol. The number of fused-ring (bicyclic) bond motifs is 1. The first-order valence-corrected chi connectivity index (χ1v) is 14.6. The summed E-state index contributed by atoms with van der Waals surface area (Å²) in [5, 5.41) is 10.7. The molecule has 1 aromatic rings. The Balaban J connectivity index is 0.00000121. The zero-order valence-electron chi connectivity index (χ0n) is 24.4. The summed E-state index contributed by atoms with van der Waals surface area (Å²) < 4.78 is 14.2. The number of piperidine rings is 1. The quantitative estimate of drug-likeness (QED) is 0.357. The van der Waals surface area contributed by atoms with Crippen LogP contribution in [0.4, 0.5) is 10.1 Å². The van der Waals surface area contributed by atoms with E-state index in [4.69, 9.17) is 4.99 Å². The first-order valence-electron chi connectivity index (χ1n) is 14.6. The number of halogens is 1. The van der Waals surface area contributed by atoms with Crippen LogP contribution in [0.2, 0.25) is 0 Å². The van der Waals surface area contributed by atoms with E-state index in [9.17, 15) is 4.39 Å². The van der Waals surface area contributed by atoms with Gasteiger partial charge in [0.15, 0.2) is 0 Å². The van der Waals surface area contributed by atoms with Crippen LogP contribution in [0.3, 0.4) is 0 Å². The Labute approximate surface area is 233 Å². The third-order valence-corrected chi connectivity index (χ3v) is 8.52. The summed E-state index contributed by atoms with van der Waals surface area (Å²) >= 11 is 0. The van der Waals surface area contributed by atoms with Crippen molar-refractivity contribution in [3.05, 3.63) is 53.1 Å². The first kappa shape index (κ1) is 32.0. The average Bonchev–Trinajstić information content (AvgIpc) is 3.51. The highest BCUT2D eigenvalue weighted by Gasteiger charge is 2.49. The molecule has 0 amide bonds. The lowest BCUT2D eigenvalue weighted by atomic mass is 9.82. The minimum absolute atomic E-state index is 0. The summed E-state index contributed by atoms with van der Waals surface area (Å²) in [4.78, 5) is 7.59. The minimum Gasteiger partial charge on any atom is -0.374 e. The van der Waals surface area contributed by atoms with E-state index in [-0.39, 0.29) is 20.1 Å². The van der Waals surface area contributed by atoms with Crippen LogP contribution in [0, 0.1) is 11.7 Å². The van der Waals surface area contributed by atoms with E-state index in [0.29, 0.717) is 6.67 Å². The fraction of sp³-hybridized carbons (Fsp3) is 0.656. The van der Waals surface area contributed by atoms with Gasteiger partial charge in [-0.05, 0) is 87.4 Å². The van der Waals surface area contributed by atoms with Crippen molar-refractivity contribution in [2.75, 3.05) is 31.2 Å². The molecule has 5 nitrogen and oxygen atoms in total. The molecule has 0 aromatic heterocycles. The van der Waals surface area contributed by atoms with Crippen LogP contribution >= 0.6 is 0 Å². The average molecular weight is 530 g/mol. The molecule has 2 unspecified atom stereocenters. The van der Waals surface area contributed by atoms with E-state index in [1.807, 2.05) is 33.8 Å². The zero-order chi connectivity index (χ0) is 27.2. The summed E-state index contributed by atoms with van der Waals surface area (Å²) in [7, 11) is 0. The second kappa shape index (κ2) is 13.7. The Hall–Kier alpha value is -2.18. The lowest BCUT2D eigenvalue weighted by Crippen LogP contribution is -2.63. The Morgan fingerprint density at radius 3 is 2.53 bits per heavy atom. The molecule has 6 heteroatoms. The molecule has 216 valence electrons. The highest BCUT2D eigenvalue weighted by molar-refractivity contribution is 6.03. The van der Waals surface area contributed by atoms with E-state index in [1.165, 1.54) is 30.5 Å². The molecule has 1 aromatic carbocycles. The first-order chi connectivity index (χ1) is 17.8. The molecule has 0 saturated carbocycles. The Morgan fingerprint density at radius 1 is 1.18 bits per heavy atom. The second-order valence-electron chi connectivity index (χ2n) is 10.7. The highest BCUT2D eigenvalue weighted by atomic mass is 19.1. The third kappa shape index (κ3) is 6.17. The number of nitrogens with one attached hydrogen (secondary N) is 3. The maximum atomic E-state index is 14.2. The van der Waals surface area contributed by atoms with Gasteiger partial charge in [0.25, 0.3) is 0 Å². The van der Waals surface area contributed by atoms with Gasteiger partial charge < -0.3 is 15.5 Å². The van der Waals surface area contributed by atoms with E-state index >= 15 is 0 Å². The minimum atomic E-state index is -0.447. The van der Waals surface area contributed by atoms with Gasteiger partial charge in [-0.1, -0.05) is 55.5 Å². The number of nitrogens with zero attached hydrogens (tertiary/aromatic N) is 2. The van der Waals surface area contributed by atoms with Crippen molar-refractivity contribution in [2.24, 2.45) is 10.9 Å². The van der Waals surface area contributed by atoms with Crippen LogP contribution in [0.15, 0.2) is 46.7 Å². The molecule has 3 N–H and O–H groups in total. The zero-order valence-corrected chi connectivity index (χ0v) is 24.4. The molecule has 0 bridgehead atoms. The summed E-state index contributed by atoms with van der Waals surface area (Å²) in [6, 6.07) is 5.25. The Morgan fingerprint density at radius 2 is 1.87 bits per heavy atom. The van der Waals surface area contributed by atoms with Crippen molar-refractivity contribution in [2.45, 2.75) is 105 Å². The van der Waals surface area contributed by atoms with Crippen LogP contribution in [0.1, 0.15) is 101 Å². The predicted molar refractivity (Wildman–Crippen MR) is 166 cm³/mol. The van der Waals surface area contributed by atoms with Gasteiger partial charge in [0, 0.05) is 36.9 Å². The SMILES string of the molecule is C.C=C(CCC1CCNCC1)C1=NC2=C(C1)NCNC2(C)N1CC(C)(CC)c2cc(F)ccc21.CC.CC.[HH]. The van der Waals surface area contributed by atoms with Crippen LogP contribution in [0.5, 0.6) is 0 Å². The molecule has 1 fully saturated rings. The lowest BCUT2D eigenvalue weighted by Gasteiger charge is -2.45. The molecule has 5 rings (SSSR count). The van der Waals surface area contributed by atoms with Gasteiger partial charge >= 0.3 is 0 Å². The van der Waals surface area contributed by atoms with Gasteiger partial charge in [0.05, 0.1) is 6.67 Å². The van der Waals surface area contributed by atoms with Crippen LogP contribution < -0.4 is 20.9 Å². The molecule has 0 aliphatic carbocycles. The smallest absolute Gasteiger partial charge is 0.135 e.